The molecule has 2 aromatic heterocycles. The Hall–Kier alpha value is -2.93. The van der Waals surface area contributed by atoms with Crippen molar-refractivity contribution < 1.29 is 9.59 Å². The molecule has 6 nitrogen and oxygen atoms in total. The van der Waals surface area contributed by atoms with Crippen LogP contribution in [-0.4, -0.2) is 21.6 Å². The van der Waals surface area contributed by atoms with Gasteiger partial charge in [-0.3, -0.25) is 14.3 Å². The van der Waals surface area contributed by atoms with Gasteiger partial charge in [0.05, 0.1) is 4.88 Å². The van der Waals surface area contributed by atoms with Crippen LogP contribution in [0.4, 0.5) is 11.4 Å². The fraction of sp³-hybridized carbons (Fsp3) is 0.167. The summed E-state index contributed by atoms with van der Waals surface area (Å²) in [5.74, 6) is -0.353. The molecule has 0 aliphatic carbocycles. The van der Waals surface area contributed by atoms with E-state index in [1.165, 1.54) is 6.92 Å². The fourth-order valence-electron chi connectivity index (χ4n) is 2.42. The van der Waals surface area contributed by atoms with Crippen molar-refractivity contribution >= 4 is 34.5 Å². The normalized spacial score (nSPS) is 10.5. The molecular weight excluding hydrogens is 336 g/mol. The predicted octanol–water partition coefficient (Wildman–Crippen LogP) is 3.84. The van der Waals surface area contributed by atoms with Crippen LogP contribution in [0.15, 0.2) is 47.8 Å². The number of rotatable bonds is 5. The highest BCUT2D eigenvalue weighted by Crippen LogP contribution is 2.24. The summed E-state index contributed by atoms with van der Waals surface area (Å²) in [6.45, 7) is 4.01. The van der Waals surface area contributed by atoms with Crippen molar-refractivity contribution in [2.24, 2.45) is 0 Å². The molecule has 0 bridgehead atoms. The van der Waals surface area contributed by atoms with Crippen molar-refractivity contribution in [3.63, 3.8) is 0 Å². The van der Waals surface area contributed by atoms with Gasteiger partial charge in [0.25, 0.3) is 5.91 Å². The van der Waals surface area contributed by atoms with E-state index in [0.717, 1.165) is 10.6 Å². The van der Waals surface area contributed by atoms with E-state index in [1.54, 1.807) is 46.4 Å². The summed E-state index contributed by atoms with van der Waals surface area (Å²) >= 11 is 1.59. The number of aromatic nitrogens is 2. The number of amides is 2. The zero-order valence-corrected chi connectivity index (χ0v) is 14.8. The lowest BCUT2D eigenvalue weighted by molar-refractivity contribution is -0.114. The molecule has 0 saturated heterocycles. The summed E-state index contributed by atoms with van der Waals surface area (Å²) in [4.78, 5) is 24.7. The number of thiophene rings is 1. The molecular formula is C18H18N4O2S. The minimum absolute atomic E-state index is 0.135. The highest BCUT2D eigenvalue weighted by atomic mass is 32.1. The first-order chi connectivity index (χ1) is 12.1. The van der Waals surface area contributed by atoms with Gasteiger partial charge in [-0.2, -0.15) is 5.10 Å². The van der Waals surface area contributed by atoms with E-state index in [2.05, 4.69) is 15.7 Å². The maximum Gasteiger partial charge on any atom is 0.273 e. The lowest BCUT2D eigenvalue weighted by atomic mass is 10.2. The van der Waals surface area contributed by atoms with Crippen molar-refractivity contribution in [3.05, 3.63) is 53.5 Å². The van der Waals surface area contributed by atoms with Crippen LogP contribution < -0.4 is 10.6 Å². The van der Waals surface area contributed by atoms with Crippen molar-refractivity contribution in [2.75, 3.05) is 10.6 Å². The van der Waals surface area contributed by atoms with Crippen LogP contribution in [-0.2, 0) is 11.3 Å². The zero-order chi connectivity index (χ0) is 17.8. The lowest BCUT2D eigenvalue weighted by Crippen LogP contribution is -2.17. The number of carbonyl (C=O) groups excluding carboxylic acids is 2. The van der Waals surface area contributed by atoms with E-state index in [4.69, 9.17) is 0 Å². The standard InChI is InChI=1S/C18H18N4O2S/c1-3-22-16(11-15(21-22)17-5-4-10-25-17)18(24)20-14-8-6-13(7-9-14)19-12(2)23/h4-11H,3H2,1-2H3,(H,19,23)(H,20,24). The van der Waals surface area contributed by atoms with Gasteiger partial charge in [0.2, 0.25) is 5.91 Å². The molecule has 0 unspecified atom stereocenters. The quantitative estimate of drug-likeness (QED) is 0.731. The first kappa shape index (κ1) is 16.9. The van der Waals surface area contributed by atoms with Crippen LogP contribution in [0, 0.1) is 0 Å². The molecule has 0 aliphatic rings. The highest BCUT2D eigenvalue weighted by molar-refractivity contribution is 7.13. The molecule has 2 heterocycles. The van der Waals surface area contributed by atoms with Crippen molar-refractivity contribution in [3.8, 4) is 10.6 Å². The summed E-state index contributed by atoms with van der Waals surface area (Å²) in [5.41, 5.74) is 2.64. The third-order valence-corrected chi connectivity index (χ3v) is 4.44. The average Bonchev–Trinajstić information content (AvgIpc) is 3.25. The minimum Gasteiger partial charge on any atom is -0.326 e. The predicted molar refractivity (Wildman–Crippen MR) is 99.9 cm³/mol. The number of anilines is 2. The maximum absolute atomic E-state index is 12.6. The van der Waals surface area contributed by atoms with Crippen molar-refractivity contribution in [1.29, 1.82) is 0 Å². The van der Waals surface area contributed by atoms with Gasteiger partial charge in [-0.05, 0) is 48.7 Å². The van der Waals surface area contributed by atoms with E-state index < -0.39 is 0 Å². The molecule has 0 radical (unpaired) electrons. The summed E-state index contributed by atoms with van der Waals surface area (Å²) < 4.78 is 1.69. The Morgan fingerprint density at radius 1 is 1.12 bits per heavy atom. The van der Waals surface area contributed by atoms with Crippen molar-refractivity contribution in [1.82, 2.24) is 9.78 Å². The molecule has 128 valence electrons. The second-order valence-corrected chi connectivity index (χ2v) is 6.37. The minimum atomic E-state index is -0.218. The monoisotopic (exact) mass is 354 g/mol. The van der Waals surface area contributed by atoms with Crippen LogP contribution in [0.1, 0.15) is 24.3 Å². The third-order valence-electron chi connectivity index (χ3n) is 3.55. The molecule has 0 saturated carbocycles. The molecule has 25 heavy (non-hydrogen) atoms. The van der Waals surface area contributed by atoms with Gasteiger partial charge < -0.3 is 10.6 Å². The van der Waals surface area contributed by atoms with Gasteiger partial charge in [-0.15, -0.1) is 11.3 Å². The number of aryl methyl sites for hydroxylation is 1. The Morgan fingerprint density at radius 3 is 2.36 bits per heavy atom. The van der Waals surface area contributed by atoms with E-state index in [9.17, 15) is 9.59 Å². The molecule has 0 fully saturated rings. The number of nitrogens with one attached hydrogen (secondary N) is 2. The van der Waals surface area contributed by atoms with Gasteiger partial charge >= 0.3 is 0 Å². The molecule has 1 aromatic carbocycles. The number of nitrogens with zero attached hydrogens (tertiary/aromatic N) is 2. The van der Waals surface area contributed by atoms with Crippen LogP contribution in [0.25, 0.3) is 10.6 Å². The highest BCUT2D eigenvalue weighted by Gasteiger charge is 2.16. The van der Waals surface area contributed by atoms with Crippen LogP contribution in [0.2, 0.25) is 0 Å². The van der Waals surface area contributed by atoms with Gasteiger partial charge in [0, 0.05) is 24.8 Å². The van der Waals surface area contributed by atoms with Gasteiger partial charge in [0.15, 0.2) is 0 Å². The molecule has 0 aliphatic heterocycles. The first-order valence-electron chi connectivity index (χ1n) is 7.87. The Kier molecular flexibility index (Phi) is 4.95. The lowest BCUT2D eigenvalue weighted by Gasteiger charge is -2.08. The maximum atomic E-state index is 12.6. The fourth-order valence-corrected chi connectivity index (χ4v) is 3.10. The summed E-state index contributed by atoms with van der Waals surface area (Å²) in [6.07, 6.45) is 0. The second kappa shape index (κ2) is 7.31. The number of hydrogen-bond donors (Lipinski definition) is 2. The molecule has 3 rings (SSSR count). The van der Waals surface area contributed by atoms with Gasteiger partial charge in [0.1, 0.15) is 11.4 Å². The molecule has 3 aromatic rings. The van der Waals surface area contributed by atoms with E-state index in [0.29, 0.717) is 23.6 Å². The number of benzene rings is 1. The zero-order valence-electron chi connectivity index (χ0n) is 13.9. The van der Waals surface area contributed by atoms with Crippen molar-refractivity contribution in [2.45, 2.75) is 20.4 Å². The summed E-state index contributed by atoms with van der Waals surface area (Å²) in [7, 11) is 0. The third kappa shape index (κ3) is 3.95. The molecule has 2 N–H and O–H groups in total. The van der Waals surface area contributed by atoms with E-state index in [-0.39, 0.29) is 11.8 Å². The second-order valence-electron chi connectivity index (χ2n) is 5.42. The molecule has 0 spiro atoms. The Labute approximate surface area is 149 Å². The van der Waals surface area contributed by atoms with Gasteiger partial charge in [-0.25, -0.2) is 0 Å². The van der Waals surface area contributed by atoms with Crippen LogP contribution in [0.5, 0.6) is 0 Å². The Bertz CT molecular complexity index is 882. The van der Waals surface area contributed by atoms with E-state index >= 15 is 0 Å². The van der Waals surface area contributed by atoms with Crippen LogP contribution >= 0.6 is 11.3 Å². The first-order valence-corrected chi connectivity index (χ1v) is 8.75. The Balaban J connectivity index is 1.78. The SMILES string of the molecule is CCn1nc(-c2cccs2)cc1C(=O)Nc1ccc(NC(C)=O)cc1. The largest absolute Gasteiger partial charge is 0.326 e. The summed E-state index contributed by atoms with van der Waals surface area (Å²) in [6, 6.07) is 12.7. The van der Waals surface area contributed by atoms with Crippen LogP contribution in [0.3, 0.4) is 0 Å². The molecule has 7 heteroatoms. The summed E-state index contributed by atoms with van der Waals surface area (Å²) in [5, 5.41) is 12.0. The Morgan fingerprint density at radius 2 is 1.80 bits per heavy atom. The molecule has 0 atom stereocenters. The van der Waals surface area contributed by atoms with E-state index in [1.807, 2.05) is 24.4 Å². The molecule has 2 amide bonds. The van der Waals surface area contributed by atoms with Gasteiger partial charge in [-0.1, -0.05) is 6.07 Å². The average molecular weight is 354 g/mol. The number of carbonyl (C=O) groups is 2. The smallest absolute Gasteiger partial charge is 0.273 e. The number of hydrogen-bond acceptors (Lipinski definition) is 4. The topological polar surface area (TPSA) is 76.0 Å².